The van der Waals surface area contributed by atoms with E-state index in [1.165, 1.54) is 25.9 Å². The fraction of sp³-hybridized carbons (Fsp3) is 0.474. The van der Waals surface area contributed by atoms with Gasteiger partial charge in [0.1, 0.15) is 0 Å². The van der Waals surface area contributed by atoms with Crippen LogP contribution in [0.15, 0.2) is 36.5 Å². The van der Waals surface area contributed by atoms with Crippen LogP contribution in [0.5, 0.6) is 0 Å². The van der Waals surface area contributed by atoms with E-state index in [1.54, 1.807) is 0 Å². The van der Waals surface area contributed by atoms with E-state index in [0.717, 1.165) is 29.9 Å². The summed E-state index contributed by atoms with van der Waals surface area (Å²) in [5, 5.41) is 7.59. The first-order valence-corrected chi connectivity index (χ1v) is 8.79. The molecule has 1 aliphatic heterocycles. The van der Waals surface area contributed by atoms with E-state index in [0.29, 0.717) is 12.8 Å². The minimum atomic E-state index is 0.122. The van der Waals surface area contributed by atoms with Crippen LogP contribution in [0, 0.1) is 0 Å². The molecule has 1 aliphatic rings. The molecule has 128 valence electrons. The molecule has 1 fully saturated rings. The molecule has 3 rings (SSSR count). The van der Waals surface area contributed by atoms with Gasteiger partial charge in [-0.05, 0) is 37.9 Å². The molecule has 24 heavy (non-hydrogen) atoms. The van der Waals surface area contributed by atoms with E-state index >= 15 is 0 Å². The SMILES string of the molecule is Cn1cc(CCC(=O)NCCN2CCCC2)c(-c2ccccc2)n1. The lowest BCUT2D eigenvalue weighted by molar-refractivity contribution is -0.121. The van der Waals surface area contributed by atoms with Gasteiger partial charge in [-0.3, -0.25) is 9.48 Å². The first-order valence-electron chi connectivity index (χ1n) is 8.79. The van der Waals surface area contributed by atoms with Gasteiger partial charge in [-0.2, -0.15) is 5.10 Å². The number of aryl methyl sites for hydroxylation is 2. The maximum atomic E-state index is 12.1. The van der Waals surface area contributed by atoms with E-state index in [4.69, 9.17) is 0 Å². The fourth-order valence-corrected chi connectivity index (χ4v) is 3.26. The summed E-state index contributed by atoms with van der Waals surface area (Å²) in [7, 11) is 1.92. The Morgan fingerprint density at radius 2 is 1.96 bits per heavy atom. The highest BCUT2D eigenvalue weighted by Crippen LogP contribution is 2.22. The van der Waals surface area contributed by atoms with E-state index in [-0.39, 0.29) is 5.91 Å². The van der Waals surface area contributed by atoms with Gasteiger partial charge in [-0.25, -0.2) is 0 Å². The third-order valence-electron chi connectivity index (χ3n) is 4.52. The van der Waals surface area contributed by atoms with Crippen LogP contribution < -0.4 is 5.32 Å². The predicted octanol–water partition coefficient (Wildman–Crippen LogP) is 2.23. The highest BCUT2D eigenvalue weighted by Gasteiger charge is 2.13. The molecule has 1 aromatic carbocycles. The normalized spacial score (nSPS) is 14.9. The molecule has 0 spiro atoms. The van der Waals surface area contributed by atoms with E-state index in [1.807, 2.05) is 36.1 Å². The van der Waals surface area contributed by atoms with Gasteiger partial charge in [-0.1, -0.05) is 30.3 Å². The first-order chi connectivity index (χ1) is 11.7. The van der Waals surface area contributed by atoms with Crippen LogP contribution in [-0.4, -0.2) is 46.8 Å². The predicted molar refractivity (Wildman–Crippen MR) is 95.6 cm³/mol. The van der Waals surface area contributed by atoms with Gasteiger partial charge in [0, 0.05) is 38.3 Å². The van der Waals surface area contributed by atoms with Crippen molar-refractivity contribution in [2.45, 2.75) is 25.7 Å². The quantitative estimate of drug-likeness (QED) is 0.849. The Kier molecular flexibility index (Phi) is 5.64. The van der Waals surface area contributed by atoms with Crippen LogP contribution in [0.4, 0.5) is 0 Å². The van der Waals surface area contributed by atoms with Gasteiger partial charge in [0.15, 0.2) is 0 Å². The highest BCUT2D eigenvalue weighted by molar-refractivity contribution is 5.76. The largest absolute Gasteiger partial charge is 0.355 e. The summed E-state index contributed by atoms with van der Waals surface area (Å²) in [6.45, 7) is 4.06. The lowest BCUT2D eigenvalue weighted by Gasteiger charge is -2.14. The number of likely N-dealkylation sites (tertiary alicyclic amines) is 1. The molecule has 0 aliphatic carbocycles. The smallest absolute Gasteiger partial charge is 0.220 e. The Balaban J connectivity index is 1.50. The molecule has 2 aromatic rings. The molecule has 1 amide bonds. The summed E-state index contributed by atoms with van der Waals surface area (Å²) in [4.78, 5) is 14.5. The minimum absolute atomic E-state index is 0.122. The molecule has 1 N–H and O–H groups in total. The van der Waals surface area contributed by atoms with Crippen molar-refractivity contribution in [1.29, 1.82) is 0 Å². The van der Waals surface area contributed by atoms with Crippen molar-refractivity contribution in [2.24, 2.45) is 7.05 Å². The van der Waals surface area contributed by atoms with Gasteiger partial charge >= 0.3 is 0 Å². The van der Waals surface area contributed by atoms with E-state index < -0.39 is 0 Å². The second kappa shape index (κ2) is 8.11. The Bertz CT molecular complexity index is 659. The summed E-state index contributed by atoms with van der Waals surface area (Å²) in [5.41, 5.74) is 3.20. The topological polar surface area (TPSA) is 50.2 Å². The van der Waals surface area contributed by atoms with Crippen LogP contribution >= 0.6 is 0 Å². The Hall–Kier alpha value is -2.14. The van der Waals surface area contributed by atoms with Gasteiger partial charge in [0.2, 0.25) is 5.91 Å². The van der Waals surface area contributed by atoms with Crippen LogP contribution in [0.25, 0.3) is 11.3 Å². The average Bonchev–Trinajstić information content (AvgIpc) is 3.23. The number of hydrogen-bond acceptors (Lipinski definition) is 3. The van der Waals surface area contributed by atoms with Crippen LogP contribution in [0.1, 0.15) is 24.8 Å². The summed E-state index contributed by atoms with van der Waals surface area (Å²) >= 11 is 0. The van der Waals surface area contributed by atoms with Crippen molar-refractivity contribution in [3.8, 4) is 11.3 Å². The van der Waals surface area contributed by atoms with Crippen molar-refractivity contribution < 1.29 is 4.79 Å². The fourth-order valence-electron chi connectivity index (χ4n) is 3.26. The molecule has 0 atom stereocenters. The summed E-state index contributed by atoms with van der Waals surface area (Å²) in [6.07, 6.45) is 5.81. The van der Waals surface area contributed by atoms with Crippen molar-refractivity contribution in [2.75, 3.05) is 26.2 Å². The number of aromatic nitrogens is 2. The minimum Gasteiger partial charge on any atom is -0.355 e. The summed E-state index contributed by atoms with van der Waals surface area (Å²) in [6, 6.07) is 10.1. The Morgan fingerprint density at radius 3 is 2.71 bits per heavy atom. The zero-order valence-corrected chi connectivity index (χ0v) is 14.4. The molecule has 5 heteroatoms. The number of benzene rings is 1. The molecule has 0 saturated carbocycles. The molecule has 1 aromatic heterocycles. The van der Waals surface area contributed by atoms with E-state index in [9.17, 15) is 4.79 Å². The molecule has 0 unspecified atom stereocenters. The lowest BCUT2D eigenvalue weighted by Crippen LogP contribution is -2.33. The number of rotatable bonds is 7. The summed E-state index contributed by atoms with van der Waals surface area (Å²) < 4.78 is 1.82. The van der Waals surface area contributed by atoms with Crippen molar-refractivity contribution in [3.63, 3.8) is 0 Å². The third kappa shape index (κ3) is 4.45. The standard InChI is InChI=1S/C19H26N4O/c1-22-15-17(19(21-22)16-7-3-2-4-8-16)9-10-18(24)20-11-14-23-12-5-6-13-23/h2-4,7-8,15H,5-6,9-14H2,1H3,(H,20,24). The maximum Gasteiger partial charge on any atom is 0.220 e. The zero-order chi connectivity index (χ0) is 16.8. The van der Waals surface area contributed by atoms with Gasteiger partial charge < -0.3 is 10.2 Å². The molecule has 5 nitrogen and oxygen atoms in total. The van der Waals surface area contributed by atoms with Crippen molar-refractivity contribution in [1.82, 2.24) is 20.0 Å². The lowest BCUT2D eigenvalue weighted by atomic mass is 10.0. The molecule has 0 radical (unpaired) electrons. The third-order valence-corrected chi connectivity index (χ3v) is 4.52. The summed E-state index contributed by atoms with van der Waals surface area (Å²) in [5.74, 6) is 0.122. The van der Waals surface area contributed by atoms with E-state index in [2.05, 4.69) is 27.4 Å². The number of hydrogen-bond donors (Lipinski definition) is 1. The number of nitrogens with one attached hydrogen (secondary N) is 1. The second-order valence-electron chi connectivity index (χ2n) is 6.44. The highest BCUT2D eigenvalue weighted by atomic mass is 16.1. The van der Waals surface area contributed by atoms with Crippen LogP contribution in [0.2, 0.25) is 0 Å². The monoisotopic (exact) mass is 326 g/mol. The molecule has 2 heterocycles. The molecule has 1 saturated heterocycles. The number of nitrogens with zero attached hydrogens (tertiary/aromatic N) is 3. The molecular weight excluding hydrogens is 300 g/mol. The van der Waals surface area contributed by atoms with Crippen molar-refractivity contribution >= 4 is 5.91 Å². The van der Waals surface area contributed by atoms with Crippen molar-refractivity contribution in [3.05, 3.63) is 42.1 Å². The average molecular weight is 326 g/mol. The zero-order valence-electron chi connectivity index (χ0n) is 14.4. The van der Waals surface area contributed by atoms with Gasteiger partial charge in [0.25, 0.3) is 0 Å². The Morgan fingerprint density at radius 1 is 1.21 bits per heavy atom. The number of amides is 1. The second-order valence-corrected chi connectivity index (χ2v) is 6.44. The van der Waals surface area contributed by atoms with Crippen LogP contribution in [0.3, 0.4) is 0 Å². The molecule has 0 bridgehead atoms. The number of carbonyl (C=O) groups excluding carboxylic acids is 1. The van der Waals surface area contributed by atoms with Gasteiger partial charge in [0.05, 0.1) is 5.69 Å². The number of carbonyl (C=O) groups is 1. The first kappa shape index (κ1) is 16.7. The van der Waals surface area contributed by atoms with Gasteiger partial charge in [-0.15, -0.1) is 0 Å². The van der Waals surface area contributed by atoms with Crippen LogP contribution in [-0.2, 0) is 18.3 Å². The molecular formula is C19H26N4O. The Labute approximate surface area is 143 Å². The maximum absolute atomic E-state index is 12.1.